The van der Waals surface area contributed by atoms with Crippen LogP contribution in [-0.4, -0.2) is 21.3 Å². The highest BCUT2D eigenvalue weighted by Crippen LogP contribution is 2.25. The number of rotatable bonds is 5. The second kappa shape index (κ2) is 5.82. The number of aryl methyl sites for hydroxylation is 2. The quantitative estimate of drug-likeness (QED) is 0.918. The van der Waals surface area contributed by atoms with Gasteiger partial charge >= 0.3 is 0 Å². The van der Waals surface area contributed by atoms with Gasteiger partial charge < -0.3 is 5.32 Å². The van der Waals surface area contributed by atoms with Gasteiger partial charge in [-0.25, -0.2) is 4.98 Å². The minimum absolute atomic E-state index is 0.188. The molecule has 0 aromatic carbocycles. The molecule has 1 atom stereocenters. The van der Waals surface area contributed by atoms with E-state index in [1.54, 1.807) is 11.3 Å². The summed E-state index contributed by atoms with van der Waals surface area (Å²) in [7, 11) is 1.93. The molecule has 2 rings (SSSR count). The van der Waals surface area contributed by atoms with E-state index in [4.69, 9.17) is 11.6 Å². The van der Waals surface area contributed by atoms with Gasteiger partial charge in [0.1, 0.15) is 0 Å². The van der Waals surface area contributed by atoms with E-state index in [1.165, 1.54) is 0 Å². The Balaban J connectivity index is 2.24. The number of aromatic nitrogens is 3. The molecule has 6 heteroatoms. The lowest BCUT2D eigenvalue weighted by molar-refractivity contribution is 0.519. The van der Waals surface area contributed by atoms with Crippen LogP contribution in [0.3, 0.4) is 0 Å². The highest BCUT2D eigenvalue weighted by molar-refractivity contribution is 7.07. The van der Waals surface area contributed by atoms with Crippen molar-refractivity contribution in [1.82, 2.24) is 20.1 Å². The number of halogens is 1. The minimum atomic E-state index is 0.188. The number of nitrogens with zero attached hydrogens (tertiary/aromatic N) is 3. The summed E-state index contributed by atoms with van der Waals surface area (Å²) in [5.74, 6) is 0. The van der Waals surface area contributed by atoms with Gasteiger partial charge in [-0.3, -0.25) is 4.68 Å². The lowest BCUT2D eigenvalue weighted by Gasteiger charge is -2.16. The maximum Gasteiger partial charge on any atom is 0.0847 e. The van der Waals surface area contributed by atoms with Crippen molar-refractivity contribution in [3.8, 4) is 0 Å². The monoisotopic (exact) mass is 284 g/mol. The van der Waals surface area contributed by atoms with Crippen molar-refractivity contribution in [1.29, 1.82) is 0 Å². The van der Waals surface area contributed by atoms with Gasteiger partial charge in [-0.1, -0.05) is 18.5 Å². The van der Waals surface area contributed by atoms with Crippen molar-refractivity contribution < 1.29 is 0 Å². The summed E-state index contributed by atoms with van der Waals surface area (Å²) in [5, 5.41) is 10.6. The van der Waals surface area contributed by atoms with Gasteiger partial charge in [0.25, 0.3) is 0 Å². The summed E-state index contributed by atoms with van der Waals surface area (Å²) >= 11 is 7.90. The Labute approximate surface area is 116 Å². The fraction of sp³-hybridized carbons (Fsp3) is 0.500. The second-order valence-corrected chi connectivity index (χ2v) is 5.29. The van der Waals surface area contributed by atoms with Crippen molar-refractivity contribution in [2.45, 2.75) is 26.3 Å². The summed E-state index contributed by atoms with van der Waals surface area (Å²) in [6.07, 6.45) is 0.799. The van der Waals surface area contributed by atoms with Gasteiger partial charge in [0, 0.05) is 18.8 Å². The fourth-order valence-corrected chi connectivity index (χ4v) is 2.86. The van der Waals surface area contributed by atoms with Gasteiger partial charge in [0.05, 0.1) is 33.7 Å². The van der Waals surface area contributed by atoms with Gasteiger partial charge in [-0.2, -0.15) is 5.10 Å². The standard InChI is InChI=1S/C12H17ClN4S/c1-4-14-9(10-6-18-7-15-10)5-11-12(13)8(2)16-17(11)3/h6-7,9,14H,4-5H2,1-3H3. The van der Waals surface area contributed by atoms with Crippen molar-refractivity contribution >= 4 is 22.9 Å². The number of hydrogen-bond donors (Lipinski definition) is 1. The van der Waals surface area contributed by atoms with Crippen LogP contribution in [0.1, 0.15) is 30.0 Å². The molecule has 0 bridgehead atoms. The Morgan fingerprint density at radius 3 is 2.83 bits per heavy atom. The molecule has 0 spiro atoms. The van der Waals surface area contributed by atoms with Crippen LogP contribution in [0.15, 0.2) is 10.9 Å². The van der Waals surface area contributed by atoms with E-state index in [0.29, 0.717) is 0 Å². The van der Waals surface area contributed by atoms with E-state index < -0.39 is 0 Å². The number of hydrogen-bond acceptors (Lipinski definition) is 4. The Bertz CT molecular complexity index is 506. The molecular weight excluding hydrogens is 268 g/mol. The number of likely N-dealkylation sites (N-methyl/N-ethyl adjacent to an activating group) is 1. The molecule has 18 heavy (non-hydrogen) atoms. The molecule has 2 aromatic heterocycles. The van der Waals surface area contributed by atoms with Crippen LogP contribution in [0.5, 0.6) is 0 Å². The number of nitrogens with one attached hydrogen (secondary N) is 1. The van der Waals surface area contributed by atoms with E-state index in [-0.39, 0.29) is 6.04 Å². The summed E-state index contributed by atoms with van der Waals surface area (Å²) in [5.41, 5.74) is 4.85. The van der Waals surface area contributed by atoms with Crippen LogP contribution in [0.4, 0.5) is 0 Å². The van der Waals surface area contributed by atoms with Gasteiger partial charge in [0.15, 0.2) is 0 Å². The highest BCUT2D eigenvalue weighted by Gasteiger charge is 2.19. The summed E-state index contributed by atoms with van der Waals surface area (Å²) in [4.78, 5) is 4.38. The topological polar surface area (TPSA) is 42.7 Å². The molecule has 1 unspecified atom stereocenters. The lowest BCUT2D eigenvalue weighted by Crippen LogP contribution is -2.24. The van der Waals surface area contributed by atoms with E-state index in [0.717, 1.165) is 35.1 Å². The first-order valence-electron chi connectivity index (χ1n) is 5.93. The SMILES string of the molecule is CCNC(Cc1c(Cl)c(C)nn1C)c1cscn1. The Morgan fingerprint density at radius 2 is 2.33 bits per heavy atom. The number of thiazole rings is 1. The molecule has 98 valence electrons. The van der Waals surface area contributed by atoms with Crippen molar-refractivity contribution in [3.05, 3.63) is 33.0 Å². The predicted molar refractivity (Wildman–Crippen MR) is 75.2 cm³/mol. The molecule has 0 fully saturated rings. The van der Waals surface area contributed by atoms with Crippen molar-refractivity contribution in [3.63, 3.8) is 0 Å². The molecule has 0 aliphatic rings. The summed E-state index contributed by atoms with van der Waals surface area (Å²) < 4.78 is 1.86. The average Bonchev–Trinajstić information content (AvgIpc) is 2.93. The molecule has 2 heterocycles. The van der Waals surface area contributed by atoms with E-state index >= 15 is 0 Å². The molecule has 4 nitrogen and oxygen atoms in total. The van der Waals surface area contributed by atoms with Crippen molar-refractivity contribution in [2.75, 3.05) is 6.54 Å². The lowest BCUT2D eigenvalue weighted by atomic mass is 10.1. The third-order valence-corrected chi connectivity index (χ3v) is 4.01. The Hall–Kier alpha value is -0.910. The fourth-order valence-electron chi connectivity index (χ4n) is 2.02. The van der Waals surface area contributed by atoms with E-state index in [1.807, 2.05) is 24.2 Å². The zero-order valence-corrected chi connectivity index (χ0v) is 12.3. The molecule has 0 amide bonds. The first kappa shape index (κ1) is 13.5. The summed E-state index contributed by atoms with van der Waals surface area (Å²) in [6, 6.07) is 0.188. The Kier molecular flexibility index (Phi) is 4.37. The van der Waals surface area contributed by atoms with Crippen LogP contribution < -0.4 is 5.32 Å². The zero-order chi connectivity index (χ0) is 13.1. The highest BCUT2D eigenvalue weighted by atomic mass is 35.5. The molecule has 0 saturated carbocycles. The van der Waals surface area contributed by atoms with E-state index in [2.05, 4.69) is 27.7 Å². The van der Waals surface area contributed by atoms with Gasteiger partial charge in [-0.05, 0) is 13.5 Å². The normalized spacial score (nSPS) is 12.9. The summed E-state index contributed by atoms with van der Waals surface area (Å²) in [6.45, 7) is 4.92. The first-order valence-corrected chi connectivity index (χ1v) is 7.25. The van der Waals surface area contributed by atoms with Crippen LogP contribution in [0, 0.1) is 6.92 Å². The maximum absolute atomic E-state index is 6.29. The third kappa shape index (κ3) is 2.74. The zero-order valence-electron chi connectivity index (χ0n) is 10.8. The molecule has 0 aliphatic heterocycles. The smallest absolute Gasteiger partial charge is 0.0847 e. The second-order valence-electron chi connectivity index (χ2n) is 4.20. The van der Waals surface area contributed by atoms with Crippen LogP contribution in [0.2, 0.25) is 5.02 Å². The predicted octanol–water partition coefficient (Wildman–Crippen LogP) is 2.73. The molecule has 2 aromatic rings. The molecule has 1 N–H and O–H groups in total. The van der Waals surface area contributed by atoms with Crippen molar-refractivity contribution in [2.24, 2.45) is 7.05 Å². The molecule has 0 radical (unpaired) electrons. The van der Waals surface area contributed by atoms with Crippen LogP contribution in [0.25, 0.3) is 0 Å². The average molecular weight is 285 g/mol. The molecule has 0 saturated heterocycles. The largest absolute Gasteiger partial charge is 0.309 e. The first-order chi connectivity index (χ1) is 8.63. The molecule has 0 aliphatic carbocycles. The van der Waals surface area contributed by atoms with Crippen LogP contribution >= 0.6 is 22.9 Å². The van der Waals surface area contributed by atoms with Gasteiger partial charge in [-0.15, -0.1) is 11.3 Å². The maximum atomic E-state index is 6.29. The minimum Gasteiger partial charge on any atom is -0.309 e. The van der Waals surface area contributed by atoms with E-state index in [9.17, 15) is 0 Å². The third-order valence-electron chi connectivity index (χ3n) is 2.92. The van der Waals surface area contributed by atoms with Gasteiger partial charge in [0.2, 0.25) is 0 Å². The Morgan fingerprint density at radius 1 is 1.56 bits per heavy atom. The van der Waals surface area contributed by atoms with Crippen LogP contribution in [-0.2, 0) is 13.5 Å². The molecular formula is C12H17ClN4S.